The normalized spacial score (nSPS) is 11.6. The summed E-state index contributed by atoms with van der Waals surface area (Å²) in [7, 11) is 0. The molecule has 2 rings (SSSR count). The van der Waals surface area contributed by atoms with Crippen molar-refractivity contribution in [2.45, 2.75) is 19.5 Å². The van der Waals surface area contributed by atoms with Gasteiger partial charge in [0.05, 0.1) is 10.4 Å². The van der Waals surface area contributed by atoms with Crippen molar-refractivity contribution in [2.24, 2.45) is 0 Å². The van der Waals surface area contributed by atoms with Crippen molar-refractivity contribution in [1.29, 1.82) is 0 Å². The predicted molar refractivity (Wildman–Crippen MR) is 68.6 cm³/mol. The largest absolute Gasteiger partial charge is 0.416 e. The molecule has 1 nitrogen and oxygen atoms in total. The molecule has 0 saturated heterocycles. The van der Waals surface area contributed by atoms with Gasteiger partial charge in [-0.15, -0.1) is 11.3 Å². The van der Waals surface area contributed by atoms with Crippen molar-refractivity contribution in [1.82, 2.24) is 0 Å². The maximum absolute atomic E-state index is 12.6. The van der Waals surface area contributed by atoms with Gasteiger partial charge in [-0.3, -0.25) is 4.79 Å². The summed E-state index contributed by atoms with van der Waals surface area (Å²) >= 11 is 1.32. The molecule has 0 aliphatic heterocycles. The van der Waals surface area contributed by atoms with E-state index in [2.05, 4.69) is 0 Å². The summed E-state index contributed by atoms with van der Waals surface area (Å²) in [6, 6.07) is 8.00. The van der Waals surface area contributed by atoms with E-state index in [1.165, 1.54) is 23.5 Å². The summed E-state index contributed by atoms with van der Waals surface area (Å²) in [5.41, 5.74) is -0.732. The quantitative estimate of drug-likeness (QED) is 0.755. The topological polar surface area (TPSA) is 17.1 Å². The van der Waals surface area contributed by atoms with Gasteiger partial charge in [0.25, 0.3) is 0 Å². The molecule has 0 N–H and O–H groups in total. The Hall–Kier alpha value is -1.62. The maximum atomic E-state index is 12.6. The molecule has 0 amide bonds. The molecule has 0 spiro atoms. The summed E-state index contributed by atoms with van der Waals surface area (Å²) in [5.74, 6) is -0.365. The fourth-order valence-corrected chi connectivity index (χ4v) is 2.58. The van der Waals surface area contributed by atoms with E-state index in [1.54, 1.807) is 6.07 Å². The van der Waals surface area contributed by atoms with Gasteiger partial charge in [0.1, 0.15) is 0 Å². The fourth-order valence-electron chi connectivity index (χ4n) is 1.67. The molecule has 100 valence electrons. The first-order valence-corrected chi connectivity index (χ1v) is 6.54. The molecular formula is C14H11F3OS. The maximum Gasteiger partial charge on any atom is 0.416 e. The Bertz CT molecular complexity index is 599. The highest BCUT2D eigenvalue weighted by Gasteiger charge is 2.31. The molecule has 19 heavy (non-hydrogen) atoms. The lowest BCUT2D eigenvalue weighted by atomic mass is 10.1. The number of benzene rings is 1. The summed E-state index contributed by atoms with van der Waals surface area (Å²) in [6.07, 6.45) is -3.62. The molecule has 0 unspecified atom stereocenters. The van der Waals surface area contributed by atoms with Gasteiger partial charge in [-0.2, -0.15) is 13.2 Å². The molecule has 1 heterocycles. The lowest BCUT2D eigenvalue weighted by Crippen LogP contribution is -2.07. The van der Waals surface area contributed by atoms with Crippen LogP contribution in [0.1, 0.15) is 32.6 Å². The number of ketones is 1. The Kier molecular flexibility index (Phi) is 3.75. The van der Waals surface area contributed by atoms with Crippen LogP contribution in [0, 0.1) is 0 Å². The highest BCUT2D eigenvalue weighted by molar-refractivity contribution is 7.14. The van der Waals surface area contributed by atoms with E-state index in [4.69, 9.17) is 0 Å². The van der Waals surface area contributed by atoms with E-state index in [1.807, 2.05) is 13.0 Å². The fraction of sp³-hybridized carbons (Fsp3) is 0.214. The number of carbonyl (C=O) groups is 1. The number of rotatable bonds is 3. The summed E-state index contributed by atoms with van der Waals surface area (Å²) in [6.45, 7) is 1.96. The zero-order chi connectivity index (χ0) is 14.0. The van der Waals surface area contributed by atoms with E-state index in [-0.39, 0.29) is 11.3 Å². The number of alkyl halides is 3. The second-order valence-electron chi connectivity index (χ2n) is 4.03. The number of aryl methyl sites for hydroxylation is 1. The molecular weight excluding hydrogens is 273 g/mol. The molecule has 0 aliphatic rings. The summed E-state index contributed by atoms with van der Waals surface area (Å²) in [4.78, 5) is 13.6. The molecule has 0 atom stereocenters. The Labute approximate surface area is 112 Å². The van der Waals surface area contributed by atoms with Gasteiger partial charge in [0.15, 0.2) is 0 Å². The van der Waals surface area contributed by atoms with E-state index in [0.29, 0.717) is 4.88 Å². The minimum atomic E-state index is -4.43. The summed E-state index contributed by atoms with van der Waals surface area (Å²) in [5, 5.41) is 0. The number of hydrogen-bond acceptors (Lipinski definition) is 2. The van der Waals surface area contributed by atoms with E-state index < -0.39 is 11.7 Å². The highest BCUT2D eigenvalue weighted by Crippen LogP contribution is 2.30. The zero-order valence-electron chi connectivity index (χ0n) is 10.1. The average molecular weight is 284 g/mol. The van der Waals surface area contributed by atoms with Crippen molar-refractivity contribution in [3.63, 3.8) is 0 Å². The number of thiophene rings is 1. The van der Waals surface area contributed by atoms with Crippen LogP contribution in [-0.4, -0.2) is 5.78 Å². The molecule has 1 aromatic heterocycles. The van der Waals surface area contributed by atoms with Gasteiger partial charge in [-0.25, -0.2) is 0 Å². The first-order valence-electron chi connectivity index (χ1n) is 5.72. The van der Waals surface area contributed by atoms with Crippen molar-refractivity contribution in [3.05, 3.63) is 57.3 Å². The Morgan fingerprint density at radius 1 is 1.21 bits per heavy atom. The number of hydrogen-bond donors (Lipinski definition) is 0. The monoisotopic (exact) mass is 284 g/mol. The Balaban J connectivity index is 2.34. The second-order valence-corrected chi connectivity index (χ2v) is 5.20. The standard InChI is InChI=1S/C14H11F3OS/c1-2-11-6-7-12(19-11)13(18)9-4-3-5-10(8-9)14(15,16)17/h3-8H,2H2,1H3. The van der Waals surface area contributed by atoms with Crippen LogP contribution >= 0.6 is 11.3 Å². The van der Waals surface area contributed by atoms with E-state index in [9.17, 15) is 18.0 Å². The first-order chi connectivity index (χ1) is 8.91. The third-order valence-electron chi connectivity index (χ3n) is 2.69. The van der Waals surface area contributed by atoms with Crippen LogP contribution in [0.4, 0.5) is 13.2 Å². The third-order valence-corrected chi connectivity index (χ3v) is 3.91. The molecule has 2 aromatic rings. The van der Waals surface area contributed by atoms with Crippen LogP contribution in [0.3, 0.4) is 0 Å². The second kappa shape index (κ2) is 5.17. The van der Waals surface area contributed by atoms with Gasteiger partial charge in [0, 0.05) is 10.4 Å². The lowest BCUT2D eigenvalue weighted by Gasteiger charge is -2.07. The molecule has 1 aromatic carbocycles. The third kappa shape index (κ3) is 3.04. The molecule has 5 heteroatoms. The van der Waals surface area contributed by atoms with Crippen molar-refractivity contribution < 1.29 is 18.0 Å². The van der Waals surface area contributed by atoms with Crippen LogP contribution in [0.2, 0.25) is 0 Å². The lowest BCUT2D eigenvalue weighted by molar-refractivity contribution is -0.137. The van der Waals surface area contributed by atoms with Gasteiger partial charge < -0.3 is 0 Å². The number of halogens is 3. The smallest absolute Gasteiger partial charge is 0.288 e. The SMILES string of the molecule is CCc1ccc(C(=O)c2cccc(C(F)(F)F)c2)s1. The van der Waals surface area contributed by atoms with E-state index >= 15 is 0 Å². The highest BCUT2D eigenvalue weighted by atomic mass is 32.1. The minimum Gasteiger partial charge on any atom is -0.288 e. The van der Waals surface area contributed by atoms with Gasteiger partial charge >= 0.3 is 6.18 Å². The minimum absolute atomic E-state index is 0.0688. The molecule has 0 bridgehead atoms. The van der Waals surface area contributed by atoms with Crippen LogP contribution in [0.5, 0.6) is 0 Å². The van der Waals surface area contributed by atoms with Crippen LogP contribution in [0.15, 0.2) is 36.4 Å². The molecule has 0 aliphatic carbocycles. The van der Waals surface area contributed by atoms with E-state index in [0.717, 1.165) is 23.4 Å². The van der Waals surface area contributed by atoms with Crippen LogP contribution in [-0.2, 0) is 12.6 Å². The Morgan fingerprint density at radius 2 is 1.95 bits per heavy atom. The van der Waals surface area contributed by atoms with Gasteiger partial charge in [0.2, 0.25) is 5.78 Å². The number of carbonyl (C=O) groups excluding carboxylic acids is 1. The van der Waals surface area contributed by atoms with Crippen molar-refractivity contribution >= 4 is 17.1 Å². The average Bonchev–Trinajstić information content (AvgIpc) is 2.86. The zero-order valence-corrected chi connectivity index (χ0v) is 10.9. The Morgan fingerprint density at radius 3 is 2.53 bits per heavy atom. The predicted octanol–water partition coefficient (Wildman–Crippen LogP) is 4.56. The molecule has 0 saturated carbocycles. The van der Waals surface area contributed by atoms with Gasteiger partial charge in [-0.05, 0) is 30.7 Å². The van der Waals surface area contributed by atoms with Crippen LogP contribution < -0.4 is 0 Å². The van der Waals surface area contributed by atoms with Gasteiger partial charge in [-0.1, -0.05) is 19.1 Å². The first kappa shape index (κ1) is 13.8. The summed E-state index contributed by atoms with van der Waals surface area (Å²) < 4.78 is 37.8. The van der Waals surface area contributed by atoms with Crippen LogP contribution in [0.25, 0.3) is 0 Å². The molecule has 0 radical (unpaired) electrons. The van der Waals surface area contributed by atoms with Crippen molar-refractivity contribution in [3.8, 4) is 0 Å². The van der Waals surface area contributed by atoms with Crippen molar-refractivity contribution in [2.75, 3.05) is 0 Å². The molecule has 0 fully saturated rings.